The van der Waals surface area contributed by atoms with Crippen molar-refractivity contribution < 1.29 is 9.84 Å². The summed E-state index contributed by atoms with van der Waals surface area (Å²) in [6.45, 7) is 4.63. The van der Waals surface area contributed by atoms with E-state index in [4.69, 9.17) is 4.74 Å². The fraction of sp³-hybridized carbons (Fsp3) is 0.294. The van der Waals surface area contributed by atoms with E-state index in [1.165, 1.54) is 5.56 Å². The maximum absolute atomic E-state index is 9.68. The quantitative estimate of drug-likeness (QED) is 0.844. The molecule has 0 amide bonds. The minimum Gasteiger partial charge on any atom is -0.494 e. The van der Waals surface area contributed by atoms with E-state index in [1.54, 1.807) is 0 Å². The molecule has 0 saturated carbocycles. The van der Waals surface area contributed by atoms with Crippen molar-refractivity contribution >= 4 is 5.69 Å². The molecule has 2 N–H and O–H groups in total. The zero-order valence-corrected chi connectivity index (χ0v) is 12.0. The highest BCUT2D eigenvalue weighted by atomic mass is 16.5. The number of hydrogen-bond donors (Lipinski definition) is 2. The number of benzene rings is 2. The van der Waals surface area contributed by atoms with Gasteiger partial charge in [0.05, 0.1) is 19.3 Å². The Morgan fingerprint density at radius 2 is 1.95 bits per heavy atom. The molecule has 0 bridgehead atoms. The first kappa shape index (κ1) is 14.4. The Morgan fingerprint density at radius 3 is 2.65 bits per heavy atom. The van der Waals surface area contributed by atoms with Gasteiger partial charge in [0.15, 0.2) is 0 Å². The zero-order chi connectivity index (χ0) is 14.4. The van der Waals surface area contributed by atoms with E-state index in [9.17, 15) is 5.11 Å². The SMILES string of the molecule is CCOc1ccccc1C(CO)Nc1cccc(C)c1. The Bertz CT molecular complexity index is 554. The summed E-state index contributed by atoms with van der Waals surface area (Å²) in [4.78, 5) is 0. The largest absolute Gasteiger partial charge is 0.494 e. The third-order valence-corrected chi connectivity index (χ3v) is 3.14. The number of ether oxygens (including phenoxy) is 1. The second kappa shape index (κ2) is 6.96. The summed E-state index contributed by atoms with van der Waals surface area (Å²) < 4.78 is 5.63. The average Bonchev–Trinajstić information content (AvgIpc) is 2.46. The van der Waals surface area contributed by atoms with Gasteiger partial charge in [-0.3, -0.25) is 0 Å². The second-order valence-electron chi connectivity index (χ2n) is 4.72. The Hall–Kier alpha value is -2.00. The van der Waals surface area contributed by atoms with Gasteiger partial charge in [-0.2, -0.15) is 0 Å². The van der Waals surface area contributed by atoms with Gasteiger partial charge in [0.2, 0.25) is 0 Å². The lowest BCUT2D eigenvalue weighted by molar-refractivity contribution is 0.270. The normalized spacial score (nSPS) is 11.9. The van der Waals surface area contributed by atoms with Crippen LogP contribution in [0.3, 0.4) is 0 Å². The lowest BCUT2D eigenvalue weighted by Crippen LogP contribution is -2.16. The lowest BCUT2D eigenvalue weighted by atomic mass is 10.1. The van der Waals surface area contributed by atoms with Gasteiger partial charge >= 0.3 is 0 Å². The molecule has 0 aliphatic heterocycles. The van der Waals surface area contributed by atoms with E-state index in [1.807, 2.05) is 56.3 Å². The van der Waals surface area contributed by atoms with Crippen molar-refractivity contribution in [2.24, 2.45) is 0 Å². The van der Waals surface area contributed by atoms with Crippen molar-refractivity contribution in [1.29, 1.82) is 0 Å². The average molecular weight is 271 g/mol. The Balaban J connectivity index is 2.24. The fourth-order valence-electron chi connectivity index (χ4n) is 2.21. The molecule has 0 radical (unpaired) electrons. The van der Waals surface area contributed by atoms with Gasteiger partial charge in [-0.25, -0.2) is 0 Å². The summed E-state index contributed by atoms with van der Waals surface area (Å²) in [5, 5.41) is 13.0. The van der Waals surface area contributed by atoms with Gasteiger partial charge in [-0.15, -0.1) is 0 Å². The molecule has 3 heteroatoms. The number of nitrogens with one attached hydrogen (secondary N) is 1. The van der Waals surface area contributed by atoms with Gasteiger partial charge in [0.1, 0.15) is 5.75 Å². The van der Waals surface area contributed by atoms with E-state index in [0.29, 0.717) is 6.61 Å². The minimum atomic E-state index is -0.181. The molecule has 2 aromatic rings. The topological polar surface area (TPSA) is 41.5 Å². The summed E-state index contributed by atoms with van der Waals surface area (Å²) >= 11 is 0. The van der Waals surface area contributed by atoms with Gasteiger partial charge in [0, 0.05) is 11.3 Å². The zero-order valence-electron chi connectivity index (χ0n) is 12.0. The molecule has 1 atom stereocenters. The molecule has 0 saturated heterocycles. The van der Waals surface area contributed by atoms with E-state index in [0.717, 1.165) is 17.0 Å². The third-order valence-electron chi connectivity index (χ3n) is 3.14. The van der Waals surface area contributed by atoms with Crippen molar-refractivity contribution in [2.75, 3.05) is 18.5 Å². The van der Waals surface area contributed by atoms with Crippen LogP contribution >= 0.6 is 0 Å². The molecule has 3 nitrogen and oxygen atoms in total. The number of anilines is 1. The molecule has 2 rings (SSSR count). The van der Waals surface area contributed by atoms with Crippen LogP contribution in [0.1, 0.15) is 24.1 Å². The number of aliphatic hydroxyl groups excluding tert-OH is 1. The van der Waals surface area contributed by atoms with Gasteiger partial charge < -0.3 is 15.2 Å². The summed E-state index contributed by atoms with van der Waals surface area (Å²) in [5.41, 5.74) is 3.15. The maximum atomic E-state index is 9.68. The second-order valence-corrected chi connectivity index (χ2v) is 4.72. The molecule has 0 heterocycles. The highest BCUT2D eigenvalue weighted by Crippen LogP contribution is 2.28. The summed E-state index contributed by atoms with van der Waals surface area (Å²) in [5.74, 6) is 0.814. The Morgan fingerprint density at radius 1 is 1.15 bits per heavy atom. The van der Waals surface area contributed by atoms with Crippen LogP contribution in [0.2, 0.25) is 0 Å². The van der Waals surface area contributed by atoms with Crippen LogP contribution in [0.15, 0.2) is 48.5 Å². The minimum absolute atomic E-state index is 0.0119. The first-order chi connectivity index (χ1) is 9.74. The van der Waals surface area contributed by atoms with E-state index < -0.39 is 0 Å². The van der Waals surface area contributed by atoms with Crippen LogP contribution in [0.25, 0.3) is 0 Å². The highest BCUT2D eigenvalue weighted by Gasteiger charge is 2.15. The van der Waals surface area contributed by atoms with Gasteiger partial charge in [-0.1, -0.05) is 30.3 Å². The van der Waals surface area contributed by atoms with Crippen molar-refractivity contribution in [1.82, 2.24) is 0 Å². The Kier molecular flexibility index (Phi) is 5.02. The first-order valence-corrected chi connectivity index (χ1v) is 6.90. The number of rotatable bonds is 6. The molecule has 20 heavy (non-hydrogen) atoms. The Labute approximate surface area is 120 Å². The molecular weight excluding hydrogens is 250 g/mol. The fourth-order valence-corrected chi connectivity index (χ4v) is 2.21. The molecular formula is C17H21NO2. The van der Waals surface area contributed by atoms with E-state index in [2.05, 4.69) is 11.4 Å². The van der Waals surface area contributed by atoms with E-state index in [-0.39, 0.29) is 12.6 Å². The molecule has 106 valence electrons. The van der Waals surface area contributed by atoms with Crippen LogP contribution < -0.4 is 10.1 Å². The van der Waals surface area contributed by atoms with Crippen LogP contribution in [0.5, 0.6) is 5.75 Å². The third kappa shape index (κ3) is 3.52. The summed E-state index contributed by atoms with van der Waals surface area (Å²) in [7, 11) is 0. The monoisotopic (exact) mass is 271 g/mol. The first-order valence-electron chi connectivity index (χ1n) is 6.90. The molecule has 0 aliphatic rings. The van der Waals surface area contributed by atoms with Crippen molar-refractivity contribution in [2.45, 2.75) is 19.9 Å². The molecule has 2 aromatic carbocycles. The predicted octanol–water partition coefficient (Wildman–Crippen LogP) is 3.54. The van der Waals surface area contributed by atoms with Crippen molar-refractivity contribution in [3.8, 4) is 5.75 Å². The van der Waals surface area contributed by atoms with Crippen molar-refractivity contribution in [3.63, 3.8) is 0 Å². The number of aliphatic hydroxyl groups is 1. The number of para-hydroxylation sites is 1. The standard InChI is InChI=1S/C17H21NO2/c1-3-20-17-10-5-4-9-15(17)16(12-19)18-14-8-6-7-13(2)11-14/h4-11,16,18-19H,3,12H2,1-2H3. The summed E-state index contributed by atoms with van der Waals surface area (Å²) in [6, 6.07) is 15.7. The number of aryl methyl sites for hydroxylation is 1. The van der Waals surface area contributed by atoms with Gasteiger partial charge in [0.25, 0.3) is 0 Å². The smallest absolute Gasteiger partial charge is 0.124 e. The maximum Gasteiger partial charge on any atom is 0.124 e. The molecule has 0 aromatic heterocycles. The molecule has 0 fully saturated rings. The van der Waals surface area contributed by atoms with Crippen LogP contribution in [0, 0.1) is 6.92 Å². The summed E-state index contributed by atoms with van der Waals surface area (Å²) in [6.07, 6.45) is 0. The predicted molar refractivity (Wildman–Crippen MR) is 82.2 cm³/mol. The molecule has 1 unspecified atom stereocenters. The van der Waals surface area contributed by atoms with Crippen LogP contribution in [0.4, 0.5) is 5.69 Å². The molecule has 0 aliphatic carbocycles. The van der Waals surface area contributed by atoms with Crippen molar-refractivity contribution in [3.05, 3.63) is 59.7 Å². The molecule has 0 spiro atoms. The van der Waals surface area contributed by atoms with E-state index >= 15 is 0 Å². The van der Waals surface area contributed by atoms with Crippen LogP contribution in [-0.4, -0.2) is 18.3 Å². The van der Waals surface area contributed by atoms with Gasteiger partial charge in [-0.05, 0) is 37.6 Å². The number of hydrogen-bond acceptors (Lipinski definition) is 3. The lowest BCUT2D eigenvalue weighted by Gasteiger charge is -2.21. The highest BCUT2D eigenvalue weighted by molar-refractivity contribution is 5.49. The van der Waals surface area contributed by atoms with Crippen LogP contribution in [-0.2, 0) is 0 Å².